The fraction of sp³-hybridized carbons (Fsp3) is 0.646. The van der Waals surface area contributed by atoms with E-state index in [2.05, 4.69) is 68.5 Å². The molecular weight excluding hydrogens is 766 g/mol. The summed E-state index contributed by atoms with van der Waals surface area (Å²) in [5.41, 5.74) is 0. The number of ketones is 1. The molecule has 0 fully saturated rings. The predicted octanol–water partition coefficient (Wildman–Crippen LogP) is 11.3. The minimum Gasteiger partial charge on any atom is -0.756 e. The van der Waals surface area contributed by atoms with Crippen LogP contribution in [0.1, 0.15) is 149 Å². The Morgan fingerprint density at radius 1 is 0.576 bits per heavy atom. The molecule has 0 aliphatic carbocycles. The fourth-order valence-corrected chi connectivity index (χ4v) is 6.06. The molecule has 11 heteroatoms. The third kappa shape index (κ3) is 42.8. The van der Waals surface area contributed by atoms with Crippen molar-refractivity contribution >= 4 is 25.5 Å². The lowest BCUT2D eigenvalue weighted by Gasteiger charge is -2.28. The highest BCUT2D eigenvalue weighted by atomic mass is 31.2. The number of unbranched alkanes of at least 4 members (excludes halogenated alkanes) is 10. The number of likely N-dealkylation sites (N-methyl/N-ethyl adjacent to an activating group) is 1. The van der Waals surface area contributed by atoms with Crippen molar-refractivity contribution < 1.29 is 46.8 Å². The molecule has 10 nitrogen and oxygen atoms in total. The molecule has 0 aromatic heterocycles. The molecule has 0 aliphatic rings. The summed E-state index contributed by atoms with van der Waals surface area (Å²) >= 11 is 0. The number of esters is 2. The van der Waals surface area contributed by atoms with E-state index < -0.39 is 32.5 Å². The van der Waals surface area contributed by atoms with E-state index >= 15 is 0 Å². The molecule has 0 rings (SSSR count). The van der Waals surface area contributed by atoms with Crippen LogP contribution < -0.4 is 4.89 Å². The van der Waals surface area contributed by atoms with E-state index in [-0.39, 0.29) is 44.7 Å². The fourth-order valence-electron chi connectivity index (χ4n) is 5.33. The molecule has 0 spiro atoms. The maximum absolute atomic E-state index is 12.7. The summed E-state index contributed by atoms with van der Waals surface area (Å²) in [6.07, 6.45) is 46.3. The van der Waals surface area contributed by atoms with Crippen molar-refractivity contribution in [2.24, 2.45) is 0 Å². The van der Waals surface area contributed by atoms with Gasteiger partial charge in [0.05, 0.1) is 27.7 Å². The van der Waals surface area contributed by atoms with Crippen molar-refractivity contribution in [3.8, 4) is 0 Å². The molecule has 0 saturated carbocycles. The number of carbonyl (C=O) groups excluding carboxylic acids is 3. The van der Waals surface area contributed by atoms with E-state index in [4.69, 9.17) is 18.5 Å². The van der Waals surface area contributed by atoms with E-state index in [0.717, 1.165) is 38.5 Å². The van der Waals surface area contributed by atoms with Crippen LogP contribution in [0.15, 0.2) is 85.1 Å². The average molecular weight is 846 g/mol. The van der Waals surface area contributed by atoms with Gasteiger partial charge in [0.15, 0.2) is 11.9 Å². The Hall–Kier alpha value is -3.14. The van der Waals surface area contributed by atoms with Crippen LogP contribution in [0.5, 0.6) is 0 Å². The summed E-state index contributed by atoms with van der Waals surface area (Å²) in [5, 5.41) is 0. The van der Waals surface area contributed by atoms with Gasteiger partial charge in [-0.3, -0.25) is 18.9 Å². The topological polar surface area (TPSA) is 128 Å². The maximum Gasteiger partial charge on any atom is 0.306 e. The predicted molar refractivity (Wildman–Crippen MR) is 241 cm³/mol. The van der Waals surface area contributed by atoms with Gasteiger partial charge >= 0.3 is 11.9 Å². The van der Waals surface area contributed by atoms with Crippen LogP contribution in [0.4, 0.5) is 0 Å². The van der Waals surface area contributed by atoms with Crippen LogP contribution in [0.3, 0.4) is 0 Å². The number of hydrogen-bond acceptors (Lipinski definition) is 9. The summed E-state index contributed by atoms with van der Waals surface area (Å²) in [4.78, 5) is 49.8. The molecular formula is C48H80NO9P. The highest BCUT2D eigenvalue weighted by Gasteiger charge is 2.22. The third-order valence-electron chi connectivity index (χ3n) is 8.86. The van der Waals surface area contributed by atoms with Gasteiger partial charge in [-0.15, -0.1) is 0 Å². The van der Waals surface area contributed by atoms with Crippen LogP contribution in [-0.4, -0.2) is 75.8 Å². The summed E-state index contributed by atoms with van der Waals surface area (Å²) in [6.45, 7) is 3.83. The zero-order chi connectivity index (χ0) is 43.7. The molecule has 0 radical (unpaired) electrons. The van der Waals surface area contributed by atoms with E-state index in [9.17, 15) is 23.8 Å². The number of rotatable bonds is 39. The lowest BCUT2D eigenvalue weighted by atomic mass is 10.1. The number of hydrogen-bond donors (Lipinski definition) is 0. The van der Waals surface area contributed by atoms with Gasteiger partial charge in [-0.25, -0.2) is 0 Å². The van der Waals surface area contributed by atoms with Crippen molar-refractivity contribution in [2.45, 2.75) is 155 Å². The van der Waals surface area contributed by atoms with Gasteiger partial charge in [0.1, 0.15) is 19.8 Å². The first-order valence-electron chi connectivity index (χ1n) is 22.2. The van der Waals surface area contributed by atoms with Crippen molar-refractivity contribution in [1.82, 2.24) is 0 Å². The first kappa shape index (κ1) is 55.9. The van der Waals surface area contributed by atoms with Gasteiger partial charge in [-0.05, 0) is 76.7 Å². The second-order valence-electron chi connectivity index (χ2n) is 15.7. The Bertz CT molecular complexity index is 1340. The van der Waals surface area contributed by atoms with Crippen molar-refractivity contribution in [3.05, 3.63) is 85.1 Å². The van der Waals surface area contributed by atoms with Crippen molar-refractivity contribution in [3.63, 3.8) is 0 Å². The summed E-state index contributed by atoms with van der Waals surface area (Å²) < 4.78 is 33.6. The van der Waals surface area contributed by atoms with E-state index in [1.807, 2.05) is 39.4 Å². The lowest BCUT2D eigenvalue weighted by Crippen LogP contribution is -2.37. The second kappa shape index (κ2) is 39.0. The van der Waals surface area contributed by atoms with Crippen LogP contribution in [0.25, 0.3) is 0 Å². The monoisotopic (exact) mass is 846 g/mol. The molecule has 0 bridgehead atoms. The Labute approximate surface area is 358 Å². The molecule has 0 aliphatic heterocycles. The summed E-state index contributed by atoms with van der Waals surface area (Å²) in [5.74, 6) is -1.29. The summed E-state index contributed by atoms with van der Waals surface area (Å²) in [7, 11) is 0.980. The third-order valence-corrected chi connectivity index (χ3v) is 9.83. The minimum atomic E-state index is -4.71. The Balaban J connectivity index is 4.66. The Morgan fingerprint density at radius 3 is 1.69 bits per heavy atom. The van der Waals surface area contributed by atoms with Crippen molar-refractivity contribution in [2.75, 3.05) is 47.5 Å². The number of phosphoric ester groups is 1. The molecule has 0 aromatic rings. The number of ether oxygens (including phenoxy) is 2. The molecule has 0 aromatic carbocycles. The standard InChI is InChI=1S/C48H80NO9P/c1-6-8-10-12-14-16-18-20-21-22-23-25-27-29-31-33-35-39-47(51)55-43-46(44-57-59(53,54)56-42-41-49(3,4)5)58-48(52)40-36-38-45(50)37-34-32-30-28-26-24-19-17-15-13-11-9-7-2/h15,17,20-21,23-26,29-32,34,37,46H,6-14,16,18-19,22,27-28,33,35-36,38-44H2,1-5H3/b17-15-,21-20-,25-23-,26-24-,31-29-,32-30-,37-34+/t46-/m1/s1. The zero-order valence-electron chi connectivity index (χ0n) is 37.4. The number of nitrogens with zero attached hydrogens (tertiary/aromatic N) is 1. The molecule has 0 N–H and O–H groups in total. The van der Waals surface area contributed by atoms with E-state index in [1.54, 1.807) is 6.08 Å². The minimum absolute atomic E-state index is 0.0791. The lowest BCUT2D eigenvalue weighted by molar-refractivity contribution is -0.870. The van der Waals surface area contributed by atoms with Gasteiger partial charge in [0.25, 0.3) is 7.82 Å². The van der Waals surface area contributed by atoms with Crippen molar-refractivity contribution in [1.29, 1.82) is 0 Å². The van der Waals surface area contributed by atoms with E-state index in [1.165, 1.54) is 63.9 Å². The highest BCUT2D eigenvalue weighted by molar-refractivity contribution is 7.45. The molecule has 59 heavy (non-hydrogen) atoms. The summed E-state index contributed by atoms with van der Waals surface area (Å²) in [6, 6.07) is 0. The van der Waals surface area contributed by atoms with Gasteiger partial charge < -0.3 is 27.9 Å². The SMILES string of the molecule is CCCCC/C=C\C/C=C\C/C=C\C=C\C(=O)CCCC(=O)O[C@H](COC(=O)CCC/C=C\C/C=C\C/C=C\CCCCCCCC)COP(=O)([O-])OCC[N+](C)(C)C. The normalized spacial score (nSPS) is 14.3. The number of quaternary nitrogens is 1. The molecule has 0 saturated heterocycles. The average Bonchev–Trinajstić information content (AvgIpc) is 3.18. The molecule has 2 atom stereocenters. The van der Waals surface area contributed by atoms with Gasteiger partial charge in [0.2, 0.25) is 0 Å². The Morgan fingerprint density at radius 2 is 1.08 bits per heavy atom. The molecule has 0 heterocycles. The van der Waals surface area contributed by atoms with Crippen LogP contribution in [0.2, 0.25) is 0 Å². The first-order chi connectivity index (χ1) is 28.4. The van der Waals surface area contributed by atoms with E-state index in [0.29, 0.717) is 23.9 Å². The molecule has 0 amide bonds. The zero-order valence-corrected chi connectivity index (χ0v) is 38.3. The van der Waals surface area contributed by atoms with Gasteiger partial charge in [-0.2, -0.15) is 0 Å². The quantitative estimate of drug-likeness (QED) is 0.0113. The molecule has 1 unspecified atom stereocenters. The molecule has 336 valence electrons. The Kier molecular flexibility index (Phi) is 36.9. The smallest absolute Gasteiger partial charge is 0.306 e. The number of allylic oxidation sites excluding steroid dienone is 14. The van der Waals surface area contributed by atoms with Crippen LogP contribution in [-0.2, 0) is 37.5 Å². The second-order valence-corrected chi connectivity index (χ2v) is 17.1. The van der Waals surface area contributed by atoms with Crippen LogP contribution >= 0.6 is 7.82 Å². The number of phosphoric acid groups is 1. The number of carbonyl (C=O) groups is 3. The highest BCUT2D eigenvalue weighted by Crippen LogP contribution is 2.38. The van der Waals surface area contributed by atoms with Crippen LogP contribution in [0, 0.1) is 0 Å². The first-order valence-corrected chi connectivity index (χ1v) is 23.7. The van der Waals surface area contributed by atoms with Gasteiger partial charge in [-0.1, -0.05) is 138 Å². The largest absolute Gasteiger partial charge is 0.756 e. The van der Waals surface area contributed by atoms with Gasteiger partial charge in [0, 0.05) is 19.3 Å². The maximum atomic E-state index is 12.7.